The minimum absolute atomic E-state index is 0.139. The fourth-order valence-electron chi connectivity index (χ4n) is 2.17. The van der Waals surface area contributed by atoms with Gasteiger partial charge in [-0.1, -0.05) is 12.1 Å². The van der Waals surface area contributed by atoms with Crippen molar-refractivity contribution in [2.45, 2.75) is 17.4 Å². The number of benzene rings is 1. The first-order chi connectivity index (χ1) is 11.1. The standard InChI is InChI=1S/C14H17N3O6S/c1-14(23-16-13(19)22-3)11(15-17(2)12(14)18)9-5-7-10(8-6-9)24(4,20)21/h5-8H,1-4H3,(H,16,19). The zero-order chi connectivity index (χ0) is 18.1. The highest BCUT2D eigenvalue weighted by Crippen LogP contribution is 2.27. The number of hydrogen-bond acceptors (Lipinski definition) is 7. The molecule has 130 valence electrons. The van der Waals surface area contributed by atoms with Crippen molar-refractivity contribution in [2.24, 2.45) is 5.10 Å². The van der Waals surface area contributed by atoms with Gasteiger partial charge in [0.2, 0.25) is 5.60 Å². The molecule has 0 fully saturated rings. The van der Waals surface area contributed by atoms with E-state index < -0.39 is 27.4 Å². The van der Waals surface area contributed by atoms with Crippen LogP contribution in [0.5, 0.6) is 0 Å². The number of hydroxylamine groups is 1. The molecule has 0 aliphatic carbocycles. The fourth-order valence-corrected chi connectivity index (χ4v) is 2.80. The van der Waals surface area contributed by atoms with Crippen LogP contribution in [0.4, 0.5) is 4.79 Å². The predicted molar refractivity (Wildman–Crippen MR) is 83.9 cm³/mol. The Hall–Kier alpha value is -2.46. The summed E-state index contributed by atoms with van der Waals surface area (Å²) in [4.78, 5) is 28.9. The fraction of sp³-hybridized carbons (Fsp3) is 0.357. The minimum atomic E-state index is -3.34. The number of ether oxygens (including phenoxy) is 1. The lowest BCUT2D eigenvalue weighted by Gasteiger charge is -2.23. The van der Waals surface area contributed by atoms with Gasteiger partial charge in [-0.3, -0.25) is 4.79 Å². The molecule has 1 heterocycles. The summed E-state index contributed by atoms with van der Waals surface area (Å²) in [6, 6.07) is 5.84. The molecule has 0 bridgehead atoms. The molecule has 10 heteroatoms. The molecule has 0 aromatic heterocycles. The van der Waals surface area contributed by atoms with E-state index in [0.717, 1.165) is 18.4 Å². The number of rotatable bonds is 4. The Morgan fingerprint density at radius 1 is 1.29 bits per heavy atom. The molecule has 1 aliphatic heterocycles. The van der Waals surface area contributed by atoms with Gasteiger partial charge in [0.05, 0.1) is 12.0 Å². The van der Waals surface area contributed by atoms with E-state index in [9.17, 15) is 18.0 Å². The molecule has 0 saturated heterocycles. The number of carbonyl (C=O) groups is 2. The van der Waals surface area contributed by atoms with Gasteiger partial charge >= 0.3 is 6.09 Å². The minimum Gasteiger partial charge on any atom is -0.451 e. The van der Waals surface area contributed by atoms with Gasteiger partial charge in [0.25, 0.3) is 5.91 Å². The van der Waals surface area contributed by atoms with Gasteiger partial charge in [-0.15, -0.1) is 0 Å². The zero-order valence-electron chi connectivity index (χ0n) is 13.6. The molecule has 1 aromatic rings. The average molecular weight is 355 g/mol. The van der Waals surface area contributed by atoms with Gasteiger partial charge in [-0.25, -0.2) is 23.1 Å². The van der Waals surface area contributed by atoms with E-state index in [2.05, 4.69) is 9.84 Å². The van der Waals surface area contributed by atoms with Crippen LogP contribution in [0.15, 0.2) is 34.3 Å². The normalized spacial score (nSPS) is 20.8. The van der Waals surface area contributed by atoms with Crippen LogP contribution in [-0.2, 0) is 24.2 Å². The highest BCUT2D eigenvalue weighted by molar-refractivity contribution is 7.90. The van der Waals surface area contributed by atoms with Crippen LogP contribution in [0.25, 0.3) is 0 Å². The number of hydrogen-bond donors (Lipinski definition) is 1. The molecular formula is C14H17N3O6S. The first kappa shape index (κ1) is 17.9. The molecule has 0 spiro atoms. The summed E-state index contributed by atoms with van der Waals surface area (Å²) in [5, 5.41) is 5.20. The second kappa shape index (κ2) is 6.21. The summed E-state index contributed by atoms with van der Waals surface area (Å²) in [6.07, 6.45) is 0.227. The van der Waals surface area contributed by atoms with Crippen molar-refractivity contribution in [3.63, 3.8) is 0 Å². The Balaban J connectivity index is 2.37. The van der Waals surface area contributed by atoms with E-state index in [-0.39, 0.29) is 10.6 Å². The van der Waals surface area contributed by atoms with Crippen molar-refractivity contribution in [1.82, 2.24) is 10.5 Å². The summed E-state index contributed by atoms with van der Waals surface area (Å²) >= 11 is 0. The quantitative estimate of drug-likeness (QED) is 0.778. The number of hydrazone groups is 1. The molecule has 0 saturated carbocycles. The Morgan fingerprint density at radius 3 is 2.38 bits per heavy atom. The van der Waals surface area contributed by atoms with Crippen molar-refractivity contribution >= 4 is 27.5 Å². The van der Waals surface area contributed by atoms with Crippen molar-refractivity contribution < 1.29 is 27.6 Å². The van der Waals surface area contributed by atoms with Crippen molar-refractivity contribution in [3.05, 3.63) is 29.8 Å². The third-order valence-corrected chi connectivity index (χ3v) is 4.61. The Labute approximate surface area is 139 Å². The summed E-state index contributed by atoms with van der Waals surface area (Å²) in [5.41, 5.74) is 1.15. The van der Waals surface area contributed by atoms with Crippen LogP contribution in [0.2, 0.25) is 0 Å². The van der Waals surface area contributed by atoms with E-state index >= 15 is 0 Å². The Bertz CT molecular complexity index is 802. The number of likely N-dealkylation sites (N-methyl/N-ethyl adjacent to an activating group) is 1. The lowest BCUT2D eigenvalue weighted by molar-refractivity contribution is -0.148. The zero-order valence-corrected chi connectivity index (χ0v) is 14.4. The van der Waals surface area contributed by atoms with Gasteiger partial charge in [0.15, 0.2) is 9.84 Å². The van der Waals surface area contributed by atoms with E-state index in [1.807, 2.05) is 5.48 Å². The summed E-state index contributed by atoms with van der Waals surface area (Å²) in [7, 11) is -0.741. The van der Waals surface area contributed by atoms with Crippen LogP contribution in [0.1, 0.15) is 12.5 Å². The molecule has 2 rings (SSSR count). The number of nitrogens with zero attached hydrogens (tertiary/aromatic N) is 2. The molecule has 0 radical (unpaired) electrons. The highest BCUT2D eigenvalue weighted by atomic mass is 32.2. The topological polar surface area (TPSA) is 114 Å². The maximum absolute atomic E-state index is 12.3. The monoisotopic (exact) mass is 355 g/mol. The third kappa shape index (κ3) is 3.24. The van der Waals surface area contributed by atoms with Crippen LogP contribution >= 0.6 is 0 Å². The molecule has 1 unspecified atom stereocenters. The van der Waals surface area contributed by atoms with E-state index in [0.29, 0.717) is 5.56 Å². The van der Waals surface area contributed by atoms with Gasteiger partial charge < -0.3 is 4.74 Å². The lowest BCUT2D eigenvalue weighted by Crippen LogP contribution is -2.50. The molecule has 9 nitrogen and oxygen atoms in total. The predicted octanol–water partition coefficient (Wildman–Crippen LogP) is 0.312. The summed E-state index contributed by atoms with van der Waals surface area (Å²) in [5.74, 6) is -0.499. The second-order valence-electron chi connectivity index (χ2n) is 5.30. The van der Waals surface area contributed by atoms with E-state index in [1.165, 1.54) is 38.2 Å². The van der Waals surface area contributed by atoms with E-state index in [4.69, 9.17) is 4.84 Å². The van der Waals surface area contributed by atoms with Crippen molar-refractivity contribution in [1.29, 1.82) is 0 Å². The second-order valence-corrected chi connectivity index (χ2v) is 7.32. The van der Waals surface area contributed by atoms with Gasteiger partial charge in [0, 0.05) is 18.9 Å². The SMILES string of the molecule is COC(=O)NOC1(C)C(=O)N(C)N=C1c1ccc(S(C)(=O)=O)cc1. The highest BCUT2D eigenvalue weighted by Gasteiger charge is 2.49. The first-order valence-electron chi connectivity index (χ1n) is 6.79. The molecule has 2 amide bonds. The number of carbonyl (C=O) groups excluding carboxylic acids is 2. The van der Waals surface area contributed by atoms with Gasteiger partial charge in [-0.2, -0.15) is 10.6 Å². The molecule has 1 atom stereocenters. The molecular weight excluding hydrogens is 338 g/mol. The Morgan fingerprint density at radius 2 is 1.88 bits per heavy atom. The largest absolute Gasteiger partial charge is 0.451 e. The number of nitrogens with one attached hydrogen (secondary N) is 1. The lowest BCUT2D eigenvalue weighted by atomic mass is 9.94. The molecule has 1 N–H and O–H groups in total. The third-order valence-electron chi connectivity index (χ3n) is 3.48. The molecule has 1 aromatic carbocycles. The summed E-state index contributed by atoms with van der Waals surface area (Å²) < 4.78 is 27.5. The maximum atomic E-state index is 12.3. The number of sulfone groups is 1. The van der Waals surface area contributed by atoms with Gasteiger partial charge in [0.1, 0.15) is 5.71 Å². The van der Waals surface area contributed by atoms with Crippen molar-refractivity contribution in [2.75, 3.05) is 20.4 Å². The van der Waals surface area contributed by atoms with Crippen LogP contribution in [0.3, 0.4) is 0 Å². The summed E-state index contributed by atoms with van der Waals surface area (Å²) in [6.45, 7) is 1.44. The van der Waals surface area contributed by atoms with Crippen molar-refractivity contribution in [3.8, 4) is 0 Å². The number of methoxy groups -OCH3 is 1. The van der Waals surface area contributed by atoms with Crippen LogP contribution in [-0.4, -0.2) is 57.2 Å². The van der Waals surface area contributed by atoms with Crippen LogP contribution < -0.4 is 5.48 Å². The number of amides is 2. The van der Waals surface area contributed by atoms with Gasteiger partial charge in [-0.05, 0) is 19.1 Å². The molecule has 24 heavy (non-hydrogen) atoms. The first-order valence-corrected chi connectivity index (χ1v) is 8.68. The van der Waals surface area contributed by atoms with E-state index in [1.54, 1.807) is 0 Å². The smallest absolute Gasteiger partial charge is 0.431 e. The molecule has 1 aliphatic rings. The Kier molecular flexibility index (Phi) is 4.63. The maximum Gasteiger partial charge on any atom is 0.431 e. The average Bonchev–Trinajstić information content (AvgIpc) is 2.76. The van der Waals surface area contributed by atoms with Crippen LogP contribution in [0, 0.1) is 0 Å².